The number of anilines is 1. The summed E-state index contributed by atoms with van der Waals surface area (Å²) in [5.41, 5.74) is 1.52. The second-order valence-corrected chi connectivity index (χ2v) is 9.51. The van der Waals surface area contributed by atoms with Crippen molar-refractivity contribution in [1.29, 1.82) is 0 Å². The first-order valence-electron chi connectivity index (χ1n) is 13.1. The highest BCUT2D eigenvalue weighted by atomic mass is 16.5. The lowest BCUT2D eigenvalue weighted by atomic mass is 10.1. The largest absolute Gasteiger partial charge is 0.497 e. The molecular formula is C28H33N5O6. The molecule has 2 fully saturated rings. The van der Waals surface area contributed by atoms with E-state index in [2.05, 4.69) is 15.1 Å². The number of benzene rings is 1. The fourth-order valence-electron chi connectivity index (χ4n) is 4.91. The number of amides is 2. The molecule has 2 aliphatic heterocycles. The molecule has 0 bridgehead atoms. The van der Waals surface area contributed by atoms with E-state index in [-0.39, 0.29) is 30.2 Å². The van der Waals surface area contributed by atoms with E-state index in [1.165, 1.54) is 6.26 Å². The molecule has 0 saturated carbocycles. The summed E-state index contributed by atoms with van der Waals surface area (Å²) >= 11 is 0. The van der Waals surface area contributed by atoms with E-state index in [9.17, 15) is 9.59 Å². The zero-order valence-electron chi connectivity index (χ0n) is 22.2. The molecule has 0 aliphatic carbocycles. The van der Waals surface area contributed by atoms with Gasteiger partial charge in [0, 0.05) is 51.0 Å². The molecule has 1 atom stereocenters. The van der Waals surface area contributed by atoms with E-state index >= 15 is 0 Å². The van der Waals surface area contributed by atoms with Crippen molar-refractivity contribution in [1.82, 2.24) is 20.0 Å². The highest BCUT2D eigenvalue weighted by Gasteiger charge is 2.29. The van der Waals surface area contributed by atoms with Crippen LogP contribution >= 0.6 is 0 Å². The maximum Gasteiger partial charge on any atom is 0.290 e. The third-order valence-electron chi connectivity index (χ3n) is 7.08. The quantitative estimate of drug-likeness (QED) is 0.408. The van der Waals surface area contributed by atoms with Crippen LogP contribution in [0.15, 0.2) is 53.1 Å². The molecular weight excluding hydrogens is 502 g/mol. The first-order chi connectivity index (χ1) is 19.1. The molecule has 2 amide bonds. The van der Waals surface area contributed by atoms with Gasteiger partial charge in [-0.25, -0.2) is 0 Å². The maximum absolute atomic E-state index is 13.2. The van der Waals surface area contributed by atoms with Gasteiger partial charge in [-0.05, 0) is 49.2 Å². The van der Waals surface area contributed by atoms with E-state index < -0.39 is 0 Å². The van der Waals surface area contributed by atoms with Crippen molar-refractivity contribution in [2.45, 2.75) is 18.9 Å². The standard InChI is InChI=1S/C28H33N5O6/c1-36-20-7-8-22(25(17-20)37-2)23-9-10-26(30-29-23)31-11-13-32(14-12-31)27(34)19-33(18-21-5-3-15-38-21)28(35)24-6-4-16-39-24/h4,6-10,16-17,21H,3,5,11-15,18-19H2,1-2H3. The molecule has 1 aromatic carbocycles. The lowest BCUT2D eigenvalue weighted by Crippen LogP contribution is -2.52. The van der Waals surface area contributed by atoms with Gasteiger partial charge in [-0.15, -0.1) is 10.2 Å². The normalized spacial score (nSPS) is 17.2. The van der Waals surface area contributed by atoms with Gasteiger partial charge in [0.05, 0.1) is 32.3 Å². The van der Waals surface area contributed by atoms with Crippen LogP contribution in [0.1, 0.15) is 23.4 Å². The number of hydrogen-bond acceptors (Lipinski definition) is 9. The van der Waals surface area contributed by atoms with E-state index in [1.54, 1.807) is 36.2 Å². The monoisotopic (exact) mass is 535 g/mol. The number of rotatable bonds is 9. The Morgan fingerprint density at radius 1 is 1.05 bits per heavy atom. The van der Waals surface area contributed by atoms with Crippen LogP contribution in [0, 0.1) is 0 Å². The average molecular weight is 536 g/mol. The molecule has 0 radical (unpaired) electrons. The Kier molecular flexibility index (Phi) is 8.26. The Labute approximate surface area is 227 Å². The molecule has 2 saturated heterocycles. The Morgan fingerprint density at radius 2 is 1.90 bits per heavy atom. The molecule has 0 spiro atoms. The summed E-state index contributed by atoms with van der Waals surface area (Å²) in [5.74, 6) is 1.92. The predicted octanol–water partition coefficient (Wildman–Crippen LogP) is 2.72. The number of methoxy groups -OCH3 is 2. The first kappa shape index (κ1) is 26.5. The number of nitrogens with zero attached hydrogens (tertiary/aromatic N) is 5. The second kappa shape index (κ2) is 12.2. The smallest absolute Gasteiger partial charge is 0.290 e. The van der Waals surface area contributed by atoms with Crippen LogP contribution in [0.4, 0.5) is 5.82 Å². The van der Waals surface area contributed by atoms with Gasteiger partial charge in [-0.3, -0.25) is 9.59 Å². The Balaban J connectivity index is 1.19. The van der Waals surface area contributed by atoms with Gasteiger partial charge in [-0.2, -0.15) is 0 Å². The van der Waals surface area contributed by atoms with Crippen molar-refractivity contribution in [2.24, 2.45) is 0 Å². The van der Waals surface area contributed by atoms with Gasteiger partial charge in [0.25, 0.3) is 5.91 Å². The molecule has 0 N–H and O–H groups in total. The van der Waals surface area contributed by atoms with Crippen molar-refractivity contribution in [3.05, 3.63) is 54.5 Å². The summed E-state index contributed by atoms with van der Waals surface area (Å²) in [6.07, 6.45) is 3.23. The number of carbonyl (C=O) groups is 2. The highest BCUT2D eigenvalue weighted by molar-refractivity contribution is 5.94. The summed E-state index contributed by atoms with van der Waals surface area (Å²) in [6, 6.07) is 12.7. The van der Waals surface area contributed by atoms with E-state index in [0.29, 0.717) is 56.5 Å². The molecule has 3 aromatic rings. The third-order valence-corrected chi connectivity index (χ3v) is 7.08. The molecule has 11 nitrogen and oxygen atoms in total. The number of carbonyl (C=O) groups excluding carboxylic acids is 2. The van der Waals surface area contributed by atoms with Crippen LogP contribution in [-0.2, 0) is 9.53 Å². The van der Waals surface area contributed by atoms with Crippen LogP contribution in [0.3, 0.4) is 0 Å². The third kappa shape index (κ3) is 6.14. The van der Waals surface area contributed by atoms with Gasteiger partial charge in [0.1, 0.15) is 18.0 Å². The number of aromatic nitrogens is 2. The van der Waals surface area contributed by atoms with Gasteiger partial charge in [-0.1, -0.05) is 0 Å². The summed E-state index contributed by atoms with van der Waals surface area (Å²) in [5, 5.41) is 8.85. The fraction of sp³-hybridized carbons (Fsp3) is 0.429. The SMILES string of the molecule is COc1ccc(-c2ccc(N3CCN(C(=O)CN(CC4CCCO4)C(=O)c4ccco4)CC3)nn2)c(OC)c1. The van der Waals surface area contributed by atoms with Crippen molar-refractivity contribution >= 4 is 17.6 Å². The van der Waals surface area contributed by atoms with Crippen LogP contribution in [0.25, 0.3) is 11.3 Å². The van der Waals surface area contributed by atoms with E-state index in [4.69, 9.17) is 18.6 Å². The molecule has 1 unspecified atom stereocenters. The maximum atomic E-state index is 13.2. The van der Waals surface area contributed by atoms with Gasteiger partial charge in [0.2, 0.25) is 5.91 Å². The molecule has 5 rings (SSSR count). The van der Waals surface area contributed by atoms with Crippen LogP contribution in [0.2, 0.25) is 0 Å². The molecule has 206 valence electrons. The summed E-state index contributed by atoms with van der Waals surface area (Å²) in [4.78, 5) is 31.7. The van der Waals surface area contributed by atoms with Gasteiger partial charge >= 0.3 is 0 Å². The minimum atomic E-state index is -0.300. The van der Waals surface area contributed by atoms with Crippen LogP contribution in [-0.4, -0.2) is 98.0 Å². The van der Waals surface area contributed by atoms with Crippen molar-refractivity contribution in [3.8, 4) is 22.8 Å². The predicted molar refractivity (Wildman–Crippen MR) is 143 cm³/mol. The fourth-order valence-corrected chi connectivity index (χ4v) is 4.91. The van der Waals surface area contributed by atoms with Crippen LogP contribution in [0.5, 0.6) is 11.5 Å². The van der Waals surface area contributed by atoms with Crippen molar-refractivity contribution < 1.29 is 28.2 Å². The number of ether oxygens (including phenoxy) is 3. The summed E-state index contributed by atoms with van der Waals surface area (Å²) in [7, 11) is 3.22. The molecule has 2 aliphatic rings. The Morgan fingerprint density at radius 3 is 2.54 bits per heavy atom. The summed E-state index contributed by atoms with van der Waals surface area (Å²) < 4.78 is 21.8. The molecule has 4 heterocycles. The number of furan rings is 1. The Bertz CT molecular complexity index is 1250. The summed E-state index contributed by atoms with van der Waals surface area (Å²) in [6.45, 7) is 3.31. The van der Waals surface area contributed by atoms with Crippen molar-refractivity contribution in [2.75, 3.05) is 65.0 Å². The average Bonchev–Trinajstić information content (AvgIpc) is 3.71. The number of hydrogen-bond donors (Lipinski definition) is 0. The van der Waals surface area contributed by atoms with Crippen molar-refractivity contribution in [3.63, 3.8) is 0 Å². The lowest BCUT2D eigenvalue weighted by molar-refractivity contribution is -0.132. The molecule has 11 heteroatoms. The highest BCUT2D eigenvalue weighted by Crippen LogP contribution is 2.32. The number of piperazine rings is 1. The van der Waals surface area contributed by atoms with E-state index in [1.807, 2.05) is 30.3 Å². The van der Waals surface area contributed by atoms with Crippen LogP contribution < -0.4 is 14.4 Å². The first-order valence-corrected chi connectivity index (χ1v) is 13.1. The topological polar surface area (TPSA) is 110 Å². The molecule has 2 aromatic heterocycles. The minimum absolute atomic E-state index is 0.0163. The van der Waals surface area contributed by atoms with E-state index in [0.717, 1.165) is 24.2 Å². The zero-order valence-corrected chi connectivity index (χ0v) is 22.2. The zero-order chi connectivity index (χ0) is 27.2. The minimum Gasteiger partial charge on any atom is -0.497 e. The van der Waals surface area contributed by atoms with Gasteiger partial charge < -0.3 is 33.3 Å². The Hall–Kier alpha value is -4.12. The second-order valence-electron chi connectivity index (χ2n) is 9.51. The molecule has 39 heavy (non-hydrogen) atoms. The lowest BCUT2D eigenvalue weighted by Gasteiger charge is -2.36. The van der Waals surface area contributed by atoms with Gasteiger partial charge in [0.15, 0.2) is 11.6 Å².